The summed E-state index contributed by atoms with van der Waals surface area (Å²) in [4.78, 5) is 35.0. The lowest BCUT2D eigenvalue weighted by Gasteiger charge is -2.13. The van der Waals surface area contributed by atoms with Gasteiger partial charge in [0, 0.05) is 11.1 Å². The highest BCUT2D eigenvalue weighted by Gasteiger charge is 2.13. The van der Waals surface area contributed by atoms with Gasteiger partial charge >= 0.3 is 0 Å². The van der Waals surface area contributed by atoms with Crippen molar-refractivity contribution in [2.75, 3.05) is 27.4 Å². The molecular formula is C20H22N2O7. The highest BCUT2D eigenvalue weighted by atomic mass is 16.5. The van der Waals surface area contributed by atoms with Gasteiger partial charge in [-0.1, -0.05) is 0 Å². The second-order valence-corrected chi connectivity index (χ2v) is 5.62. The third-order valence-electron chi connectivity index (χ3n) is 3.72. The first-order valence-corrected chi connectivity index (χ1v) is 8.68. The predicted molar refractivity (Wildman–Crippen MR) is 104 cm³/mol. The SMILES string of the molecule is CCOc1ccc(C(=O)NNC(=O)COc2ccc(C=O)cc2OC)cc1OC. The first kappa shape index (κ1) is 21.5. The van der Waals surface area contributed by atoms with Crippen molar-refractivity contribution in [1.82, 2.24) is 10.9 Å². The van der Waals surface area contributed by atoms with Gasteiger partial charge in [-0.2, -0.15) is 0 Å². The Morgan fingerprint density at radius 1 is 0.897 bits per heavy atom. The summed E-state index contributed by atoms with van der Waals surface area (Å²) in [6.07, 6.45) is 0.671. The Hall–Kier alpha value is -3.75. The van der Waals surface area contributed by atoms with Crippen LogP contribution in [0.1, 0.15) is 27.6 Å². The molecule has 0 bridgehead atoms. The summed E-state index contributed by atoms with van der Waals surface area (Å²) < 4.78 is 21.1. The minimum atomic E-state index is -0.585. The van der Waals surface area contributed by atoms with E-state index in [1.165, 1.54) is 38.5 Å². The molecule has 0 aliphatic heterocycles. The molecule has 0 fully saturated rings. The number of nitrogens with one attached hydrogen (secondary N) is 2. The summed E-state index contributed by atoms with van der Waals surface area (Å²) in [5.74, 6) is 0.396. The molecule has 2 aromatic carbocycles. The summed E-state index contributed by atoms with van der Waals surface area (Å²) in [6.45, 7) is 1.92. The largest absolute Gasteiger partial charge is 0.493 e. The second-order valence-electron chi connectivity index (χ2n) is 5.62. The van der Waals surface area contributed by atoms with Crippen molar-refractivity contribution in [3.8, 4) is 23.0 Å². The molecule has 0 aromatic heterocycles. The van der Waals surface area contributed by atoms with Crippen molar-refractivity contribution in [3.05, 3.63) is 47.5 Å². The molecule has 2 N–H and O–H groups in total. The van der Waals surface area contributed by atoms with Gasteiger partial charge in [-0.3, -0.25) is 25.2 Å². The van der Waals surface area contributed by atoms with Gasteiger partial charge in [0.2, 0.25) is 0 Å². The van der Waals surface area contributed by atoms with E-state index in [9.17, 15) is 14.4 Å². The molecule has 0 saturated carbocycles. The lowest BCUT2D eigenvalue weighted by molar-refractivity contribution is -0.123. The Kier molecular flexibility index (Phi) is 7.84. The standard InChI is InChI=1S/C20H22N2O7/c1-4-28-15-8-6-14(10-18(15)27-3)20(25)22-21-19(24)12-29-16-7-5-13(11-23)9-17(16)26-2/h5-11H,4,12H2,1-3H3,(H,21,24)(H,22,25). The molecule has 0 radical (unpaired) electrons. The number of rotatable bonds is 9. The average molecular weight is 402 g/mol. The van der Waals surface area contributed by atoms with Crippen molar-refractivity contribution in [1.29, 1.82) is 0 Å². The molecule has 2 aromatic rings. The first-order chi connectivity index (χ1) is 14.0. The Morgan fingerprint density at radius 2 is 1.55 bits per heavy atom. The summed E-state index contributed by atoms with van der Waals surface area (Å²) >= 11 is 0. The molecule has 29 heavy (non-hydrogen) atoms. The number of methoxy groups -OCH3 is 2. The van der Waals surface area contributed by atoms with Crippen LogP contribution in [-0.4, -0.2) is 45.5 Å². The number of hydrazine groups is 1. The first-order valence-electron chi connectivity index (χ1n) is 8.68. The van der Waals surface area contributed by atoms with Gasteiger partial charge in [-0.15, -0.1) is 0 Å². The van der Waals surface area contributed by atoms with Crippen LogP contribution in [0.2, 0.25) is 0 Å². The Balaban J connectivity index is 1.90. The molecule has 2 amide bonds. The maximum atomic E-state index is 12.2. The number of benzene rings is 2. The van der Waals surface area contributed by atoms with E-state index in [4.69, 9.17) is 18.9 Å². The maximum absolute atomic E-state index is 12.2. The van der Waals surface area contributed by atoms with Gasteiger partial charge in [0.1, 0.15) is 6.29 Å². The van der Waals surface area contributed by atoms with Gasteiger partial charge in [-0.05, 0) is 43.3 Å². The second kappa shape index (κ2) is 10.5. The highest BCUT2D eigenvalue weighted by molar-refractivity contribution is 5.96. The molecule has 9 nitrogen and oxygen atoms in total. The van der Waals surface area contributed by atoms with Gasteiger partial charge in [0.25, 0.3) is 11.8 Å². The minimum absolute atomic E-state index is 0.276. The molecule has 154 valence electrons. The summed E-state index contributed by atoms with van der Waals surface area (Å²) in [7, 11) is 2.89. The number of hydrogen-bond acceptors (Lipinski definition) is 7. The fourth-order valence-corrected chi connectivity index (χ4v) is 2.34. The van der Waals surface area contributed by atoms with Gasteiger partial charge < -0.3 is 18.9 Å². The van der Waals surface area contributed by atoms with E-state index in [0.29, 0.717) is 35.7 Å². The zero-order valence-electron chi connectivity index (χ0n) is 16.3. The lowest BCUT2D eigenvalue weighted by atomic mass is 10.2. The number of hydrogen-bond donors (Lipinski definition) is 2. The van der Waals surface area contributed by atoms with E-state index < -0.39 is 11.8 Å². The number of carbonyl (C=O) groups is 3. The summed E-state index contributed by atoms with van der Waals surface area (Å²) in [6, 6.07) is 9.19. The zero-order chi connectivity index (χ0) is 21.2. The lowest BCUT2D eigenvalue weighted by Crippen LogP contribution is -2.43. The quantitative estimate of drug-likeness (QED) is 0.485. The van der Waals surface area contributed by atoms with Crippen LogP contribution in [0.3, 0.4) is 0 Å². The Labute approximate surface area is 167 Å². The molecule has 9 heteroatoms. The maximum Gasteiger partial charge on any atom is 0.276 e. The monoisotopic (exact) mass is 402 g/mol. The number of carbonyl (C=O) groups excluding carboxylic acids is 3. The molecule has 0 aliphatic carbocycles. The highest BCUT2D eigenvalue weighted by Crippen LogP contribution is 2.28. The third-order valence-corrected chi connectivity index (χ3v) is 3.72. The Bertz CT molecular complexity index is 883. The molecular weight excluding hydrogens is 380 g/mol. The van der Waals surface area contributed by atoms with Crippen LogP contribution in [0.5, 0.6) is 23.0 Å². The topological polar surface area (TPSA) is 112 Å². The van der Waals surface area contributed by atoms with Crippen molar-refractivity contribution >= 4 is 18.1 Å². The van der Waals surface area contributed by atoms with Gasteiger partial charge in [-0.25, -0.2) is 0 Å². The van der Waals surface area contributed by atoms with Crippen molar-refractivity contribution in [2.24, 2.45) is 0 Å². The van der Waals surface area contributed by atoms with E-state index >= 15 is 0 Å². The minimum Gasteiger partial charge on any atom is -0.493 e. The van der Waals surface area contributed by atoms with Crippen LogP contribution in [0.25, 0.3) is 0 Å². The van der Waals surface area contributed by atoms with E-state index in [1.807, 2.05) is 6.92 Å². The Morgan fingerprint density at radius 3 is 2.21 bits per heavy atom. The van der Waals surface area contributed by atoms with Crippen molar-refractivity contribution in [2.45, 2.75) is 6.92 Å². The molecule has 0 heterocycles. The van der Waals surface area contributed by atoms with Crippen LogP contribution in [-0.2, 0) is 4.79 Å². The number of aldehydes is 1. The van der Waals surface area contributed by atoms with Crippen LogP contribution >= 0.6 is 0 Å². The molecule has 0 aliphatic rings. The van der Waals surface area contributed by atoms with Crippen LogP contribution in [0.15, 0.2) is 36.4 Å². The van der Waals surface area contributed by atoms with Crippen LogP contribution in [0.4, 0.5) is 0 Å². The predicted octanol–water partition coefficient (Wildman–Crippen LogP) is 1.75. The van der Waals surface area contributed by atoms with Gasteiger partial charge in [0.05, 0.1) is 20.8 Å². The van der Waals surface area contributed by atoms with E-state index in [2.05, 4.69) is 10.9 Å². The zero-order valence-corrected chi connectivity index (χ0v) is 16.3. The van der Waals surface area contributed by atoms with Gasteiger partial charge in [0.15, 0.2) is 29.6 Å². The molecule has 2 rings (SSSR count). The smallest absolute Gasteiger partial charge is 0.276 e. The molecule has 0 atom stereocenters. The summed E-state index contributed by atoms with van der Waals surface area (Å²) in [5.41, 5.74) is 5.24. The van der Waals surface area contributed by atoms with E-state index in [-0.39, 0.29) is 17.9 Å². The van der Waals surface area contributed by atoms with E-state index in [1.54, 1.807) is 12.1 Å². The fourth-order valence-electron chi connectivity index (χ4n) is 2.34. The van der Waals surface area contributed by atoms with Crippen molar-refractivity contribution < 1.29 is 33.3 Å². The third kappa shape index (κ3) is 5.86. The average Bonchev–Trinajstić information content (AvgIpc) is 2.76. The number of ether oxygens (including phenoxy) is 4. The van der Waals surface area contributed by atoms with E-state index in [0.717, 1.165) is 0 Å². The van der Waals surface area contributed by atoms with Crippen LogP contribution in [0, 0.1) is 0 Å². The molecule has 0 saturated heterocycles. The normalized spacial score (nSPS) is 9.90. The van der Waals surface area contributed by atoms with Crippen LogP contribution < -0.4 is 29.8 Å². The number of amides is 2. The fraction of sp³-hybridized carbons (Fsp3) is 0.250. The molecule has 0 spiro atoms. The van der Waals surface area contributed by atoms with Crippen molar-refractivity contribution in [3.63, 3.8) is 0 Å². The summed E-state index contributed by atoms with van der Waals surface area (Å²) in [5, 5.41) is 0. The molecule has 0 unspecified atom stereocenters.